The molecule has 1 atom stereocenters. The quantitative estimate of drug-likeness (QED) is 0.778. The second-order valence-corrected chi connectivity index (χ2v) is 3.64. The SMILES string of the molecule is CCOC(=O)CCN1CCNC[C@@H]1C.Cl.Cl. The lowest BCUT2D eigenvalue weighted by molar-refractivity contribution is -0.143. The van der Waals surface area contributed by atoms with E-state index in [2.05, 4.69) is 17.1 Å². The highest BCUT2D eigenvalue weighted by molar-refractivity contribution is 5.85. The molecule has 0 aromatic carbocycles. The molecule has 0 unspecified atom stereocenters. The minimum atomic E-state index is -0.0850. The second kappa shape index (κ2) is 10.1. The number of hydrogen-bond donors (Lipinski definition) is 1. The van der Waals surface area contributed by atoms with Crippen LogP contribution in [0.1, 0.15) is 20.3 Å². The van der Waals surface area contributed by atoms with Gasteiger partial charge in [-0.15, -0.1) is 24.8 Å². The fourth-order valence-electron chi connectivity index (χ4n) is 1.68. The summed E-state index contributed by atoms with van der Waals surface area (Å²) in [6, 6.07) is 0.526. The molecule has 1 fully saturated rings. The van der Waals surface area contributed by atoms with E-state index >= 15 is 0 Å². The summed E-state index contributed by atoms with van der Waals surface area (Å²) in [5.74, 6) is -0.0850. The van der Waals surface area contributed by atoms with E-state index in [-0.39, 0.29) is 30.8 Å². The zero-order valence-electron chi connectivity index (χ0n) is 9.90. The zero-order valence-corrected chi connectivity index (χ0v) is 11.5. The van der Waals surface area contributed by atoms with Crippen LogP contribution in [-0.4, -0.2) is 49.7 Å². The Balaban J connectivity index is 0. The van der Waals surface area contributed by atoms with Crippen LogP contribution in [0.5, 0.6) is 0 Å². The van der Waals surface area contributed by atoms with Crippen LogP contribution in [0.3, 0.4) is 0 Å². The Morgan fingerprint density at radius 1 is 1.50 bits per heavy atom. The molecule has 1 heterocycles. The van der Waals surface area contributed by atoms with E-state index in [9.17, 15) is 4.79 Å². The molecule has 0 radical (unpaired) electrons. The van der Waals surface area contributed by atoms with Crippen molar-refractivity contribution in [3.05, 3.63) is 0 Å². The number of piperazine rings is 1. The number of nitrogens with zero attached hydrogens (tertiary/aromatic N) is 1. The Morgan fingerprint density at radius 3 is 2.75 bits per heavy atom. The third-order valence-electron chi connectivity index (χ3n) is 2.55. The van der Waals surface area contributed by atoms with Gasteiger partial charge in [0, 0.05) is 32.2 Å². The topological polar surface area (TPSA) is 41.6 Å². The van der Waals surface area contributed by atoms with Crippen LogP contribution in [0.2, 0.25) is 0 Å². The Hall–Kier alpha value is -0.0300. The third kappa shape index (κ3) is 6.53. The summed E-state index contributed by atoms with van der Waals surface area (Å²) < 4.78 is 4.89. The number of esters is 1. The van der Waals surface area contributed by atoms with Gasteiger partial charge in [-0.3, -0.25) is 9.69 Å². The van der Waals surface area contributed by atoms with Crippen molar-refractivity contribution in [1.82, 2.24) is 10.2 Å². The van der Waals surface area contributed by atoms with E-state index < -0.39 is 0 Å². The van der Waals surface area contributed by atoms with E-state index in [0.29, 0.717) is 19.1 Å². The molecule has 98 valence electrons. The first-order valence-corrected chi connectivity index (χ1v) is 5.34. The predicted octanol–water partition coefficient (Wildman–Crippen LogP) is 1.08. The van der Waals surface area contributed by atoms with Crippen molar-refractivity contribution >= 4 is 30.8 Å². The fraction of sp³-hybridized carbons (Fsp3) is 0.900. The predicted molar refractivity (Wildman–Crippen MR) is 69.7 cm³/mol. The summed E-state index contributed by atoms with van der Waals surface area (Å²) in [6.45, 7) is 8.39. The molecule has 0 aliphatic carbocycles. The molecule has 1 aliphatic heterocycles. The molecule has 16 heavy (non-hydrogen) atoms. The van der Waals surface area contributed by atoms with E-state index in [4.69, 9.17) is 4.74 Å². The molecule has 0 aromatic heterocycles. The Bertz CT molecular complexity index is 194. The molecule has 1 N–H and O–H groups in total. The van der Waals surface area contributed by atoms with Crippen LogP contribution >= 0.6 is 24.8 Å². The number of halogens is 2. The maximum atomic E-state index is 11.1. The molecule has 0 aromatic rings. The number of nitrogens with one attached hydrogen (secondary N) is 1. The van der Waals surface area contributed by atoms with Gasteiger partial charge in [-0.2, -0.15) is 0 Å². The van der Waals surface area contributed by atoms with Crippen LogP contribution in [-0.2, 0) is 9.53 Å². The highest BCUT2D eigenvalue weighted by atomic mass is 35.5. The molecule has 1 saturated heterocycles. The van der Waals surface area contributed by atoms with E-state index in [1.165, 1.54) is 0 Å². The third-order valence-corrected chi connectivity index (χ3v) is 2.55. The average Bonchev–Trinajstić information content (AvgIpc) is 2.17. The van der Waals surface area contributed by atoms with Crippen molar-refractivity contribution < 1.29 is 9.53 Å². The van der Waals surface area contributed by atoms with Gasteiger partial charge in [-0.1, -0.05) is 0 Å². The number of rotatable bonds is 4. The highest BCUT2D eigenvalue weighted by Crippen LogP contribution is 2.03. The summed E-state index contributed by atoms with van der Waals surface area (Å²) in [5, 5.41) is 3.32. The Kier molecular flexibility index (Phi) is 11.6. The summed E-state index contributed by atoms with van der Waals surface area (Å²) in [6.07, 6.45) is 0.512. The lowest BCUT2D eigenvalue weighted by atomic mass is 10.2. The van der Waals surface area contributed by atoms with Crippen LogP contribution in [0.4, 0.5) is 0 Å². The number of carbonyl (C=O) groups excluding carboxylic acids is 1. The molecule has 0 bridgehead atoms. The van der Waals surface area contributed by atoms with Gasteiger partial charge >= 0.3 is 5.97 Å². The minimum Gasteiger partial charge on any atom is -0.466 e. The number of carbonyl (C=O) groups is 1. The largest absolute Gasteiger partial charge is 0.466 e. The molecule has 0 spiro atoms. The average molecular weight is 273 g/mol. The minimum absolute atomic E-state index is 0. The summed E-state index contributed by atoms with van der Waals surface area (Å²) in [5.41, 5.74) is 0. The first kappa shape index (κ1) is 18.3. The first-order chi connectivity index (χ1) is 6.74. The van der Waals surface area contributed by atoms with Crippen LogP contribution in [0.25, 0.3) is 0 Å². The van der Waals surface area contributed by atoms with Crippen LogP contribution in [0, 0.1) is 0 Å². The monoisotopic (exact) mass is 272 g/mol. The molecule has 0 saturated carbocycles. The molecular weight excluding hydrogens is 251 g/mol. The molecule has 6 heteroatoms. The van der Waals surface area contributed by atoms with Gasteiger partial charge in [0.25, 0.3) is 0 Å². The molecule has 0 amide bonds. The van der Waals surface area contributed by atoms with Gasteiger partial charge in [0.2, 0.25) is 0 Å². The zero-order chi connectivity index (χ0) is 10.4. The van der Waals surface area contributed by atoms with Gasteiger partial charge in [0.1, 0.15) is 0 Å². The summed E-state index contributed by atoms with van der Waals surface area (Å²) in [7, 11) is 0. The summed E-state index contributed by atoms with van der Waals surface area (Å²) in [4.78, 5) is 13.5. The lowest BCUT2D eigenvalue weighted by Crippen LogP contribution is -2.50. The molecule has 4 nitrogen and oxygen atoms in total. The van der Waals surface area contributed by atoms with Gasteiger partial charge in [0.05, 0.1) is 13.0 Å². The fourth-order valence-corrected chi connectivity index (χ4v) is 1.68. The van der Waals surface area contributed by atoms with E-state index in [1.807, 2.05) is 6.92 Å². The maximum absolute atomic E-state index is 11.1. The van der Waals surface area contributed by atoms with E-state index in [1.54, 1.807) is 0 Å². The van der Waals surface area contributed by atoms with E-state index in [0.717, 1.165) is 26.2 Å². The summed E-state index contributed by atoms with van der Waals surface area (Å²) >= 11 is 0. The molecular formula is C10H22Cl2N2O2. The molecule has 1 rings (SSSR count). The normalized spacial score (nSPS) is 20.5. The van der Waals surface area contributed by atoms with Crippen molar-refractivity contribution in [1.29, 1.82) is 0 Å². The standard InChI is InChI=1S/C10H20N2O2.2ClH/c1-3-14-10(13)4-6-12-7-5-11-8-9(12)2;;/h9,11H,3-8H2,1-2H3;2*1H/t9-;;/m0../s1. The first-order valence-electron chi connectivity index (χ1n) is 5.34. The number of ether oxygens (including phenoxy) is 1. The van der Waals surface area contributed by atoms with Crippen LogP contribution in [0.15, 0.2) is 0 Å². The smallest absolute Gasteiger partial charge is 0.307 e. The Labute approximate surface area is 110 Å². The van der Waals surface area contributed by atoms with Crippen molar-refractivity contribution in [3.8, 4) is 0 Å². The Morgan fingerprint density at radius 2 is 2.19 bits per heavy atom. The van der Waals surface area contributed by atoms with Gasteiger partial charge in [-0.25, -0.2) is 0 Å². The molecule has 1 aliphatic rings. The second-order valence-electron chi connectivity index (χ2n) is 3.64. The highest BCUT2D eigenvalue weighted by Gasteiger charge is 2.18. The lowest BCUT2D eigenvalue weighted by Gasteiger charge is -2.33. The van der Waals surface area contributed by atoms with Gasteiger partial charge in [-0.05, 0) is 13.8 Å². The van der Waals surface area contributed by atoms with Gasteiger partial charge in [0.15, 0.2) is 0 Å². The van der Waals surface area contributed by atoms with Crippen molar-refractivity contribution in [2.24, 2.45) is 0 Å². The van der Waals surface area contributed by atoms with Gasteiger partial charge < -0.3 is 10.1 Å². The number of hydrogen-bond acceptors (Lipinski definition) is 4. The maximum Gasteiger partial charge on any atom is 0.307 e. The van der Waals surface area contributed by atoms with Crippen molar-refractivity contribution in [3.63, 3.8) is 0 Å². The van der Waals surface area contributed by atoms with Crippen molar-refractivity contribution in [2.75, 3.05) is 32.8 Å². The van der Waals surface area contributed by atoms with Crippen LogP contribution < -0.4 is 5.32 Å². The van der Waals surface area contributed by atoms with Crippen molar-refractivity contribution in [2.45, 2.75) is 26.3 Å².